The number of nitrogens with zero attached hydrogens (tertiary/aromatic N) is 2. The fourth-order valence-electron chi connectivity index (χ4n) is 2.74. The summed E-state index contributed by atoms with van der Waals surface area (Å²) in [4.78, 5) is 24.7. The van der Waals surface area contributed by atoms with Gasteiger partial charge >= 0.3 is 0 Å². The van der Waals surface area contributed by atoms with Crippen molar-refractivity contribution in [3.8, 4) is 28.5 Å². The van der Waals surface area contributed by atoms with E-state index in [0.29, 0.717) is 28.6 Å². The molecule has 1 amide bonds. The summed E-state index contributed by atoms with van der Waals surface area (Å²) in [5.74, 6) is 1.29. The number of hydrogen-bond donors (Lipinski definition) is 1. The fourth-order valence-corrected chi connectivity index (χ4v) is 2.74. The van der Waals surface area contributed by atoms with Gasteiger partial charge in [-0.25, -0.2) is 4.68 Å². The van der Waals surface area contributed by atoms with Gasteiger partial charge in [-0.3, -0.25) is 9.59 Å². The molecule has 3 rings (SSSR count). The van der Waals surface area contributed by atoms with Gasteiger partial charge in [-0.05, 0) is 30.3 Å². The van der Waals surface area contributed by atoms with E-state index >= 15 is 0 Å². The molecule has 150 valence electrons. The smallest absolute Gasteiger partial charge is 0.267 e. The first-order valence-corrected chi connectivity index (χ1v) is 8.78. The lowest BCUT2D eigenvalue weighted by Gasteiger charge is -2.12. The van der Waals surface area contributed by atoms with Crippen LogP contribution in [0.4, 0.5) is 5.69 Å². The quantitative estimate of drug-likeness (QED) is 0.661. The Kier molecular flexibility index (Phi) is 6.13. The maximum absolute atomic E-state index is 12.5. The van der Waals surface area contributed by atoms with Crippen LogP contribution in [0, 0.1) is 0 Å². The SMILES string of the molecule is COc1cccc(-c2ccc(=O)n(CC(=O)Nc3cc(OC)ccc3OC)n2)c1. The number of aromatic nitrogens is 2. The predicted octanol–water partition coefficient (Wildman–Crippen LogP) is 2.57. The van der Waals surface area contributed by atoms with Crippen LogP contribution in [0.3, 0.4) is 0 Å². The van der Waals surface area contributed by atoms with Crippen LogP contribution in [0.2, 0.25) is 0 Å². The first-order chi connectivity index (χ1) is 14.0. The van der Waals surface area contributed by atoms with E-state index in [0.717, 1.165) is 10.2 Å². The number of benzene rings is 2. The number of rotatable bonds is 7. The number of ether oxygens (including phenoxy) is 3. The maximum atomic E-state index is 12.5. The topological polar surface area (TPSA) is 91.7 Å². The van der Waals surface area contributed by atoms with E-state index in [2.05, 4.69) is 10.4 Å². The average molecular weight is 395 g/mol. The van der Waals surface area contributed by atoms with E-state index in [9.17, 15) is 9.59 Å². The van der Waals surface area contributed by atoms with Crippen molar-refractivity contribution in [2.45, 2.75) is 6.54 Å². The van der Waals surface area contributed by atoms with Crippen molar-refractivity contribution < 1.29 is 19.0 Å². The highest BCUT2D eigenvalue weighted by Crippen LogP contribution is 2.28. The van der Waals surface area contributed by atoms with Crippen molar-refractivity contribution in [1.29, 1.82) is 0 Å². The van der Waals surface area contributed by atoms with Gasteiger partial charge < -0.3 is 19.5 Å². The summed E-state index contributed by atoms with van der Waals surface area (Å²) in [6.07, 6.45) is 0. The molecular weight excluding hydrogens is 374 g/mol. The average Bonchev–Trinajstić information content (AvgIpc) is 2.75. The van der Waals surface area contributed by atoms with E-state index in [-0.39, 0.29) is 12.1 Å². The summed E-state index contributed by atoms with van der Waals surface area (Å²) in [6.45, 7) is -0.253. The van der Waals surface area contributed by atoms with Crippen molar-refractivity contribution in [2.24, 2.45) is 0 Å². The molecule has 3 aromatic rings. The van der Waals surface area contributed by atoms with Gasteiger partial charge in [0.25, 0.3) is 5.56 Å². The molecule has 0 saturated heterocycles. The molecule has 8 heteroatoms. The Morgan fingerprint density at radius 3 is 2.45 bits per heavy atom. The zero-order valence-corrected chi connectivity index (χ0v) is 16.3. The normalized spacial score (nSPS) is 10.3. The van der Waals surface area contributed by atoms with Crippen LogP contribution in [0.25, 0.3) is 11.3 Å². The highest BCUT2D eigenvalue weighted by atomic mass is 16.5. The minimum Gasteiger partial charge on any atom is -0.497 e. The molecule has 0 radical (unpaired) electrons. The van der Waals surface area contributed by atoms with Crippen LogP contribution in [0.1, 0.15) is 0 Å². The largest absolute Gasteiger partial charge is 0.497 e. The summed E-state index contributed by atoms with van der Waals surface area (Å²) in [7, 11) is 4.60. The highest BCUT2D eigenvalue weighted by molar-refractivity contribution is 5.92. The summed E-state index contributed by atoms with van der Waals surface area (Å²) in [5.41, 5.74) is 1.38. The molecule has 2 aromatic carbocycles. The molecule has 0 bridgehead atoms. The third-order valence-corrected chi connectivity index (χ3v) is 4.21. The second kappa shape index (κ2) is 8.92. The van der Waals surface area contributed by atoms with E-state index in [1.165, 1.54) is 20.3 Å². The van der Waals surface area contributed by atoms with Gasteiger partial charge in [0, 0.05) is 17.7 Å². The second-order valence-electron chi connectivity index (χ2n) is 6.06. The fraction of sp³-hybridized carbons (Fsp3) is 0.190. The van der Waals surface area contributed by atoms with E-state index in [1.54, 1.807) is 37.4 Å². The second-order valence-corrected chi connectivity index (χ2v) is 6.06. The molecule has 8 nitrogen and oxygen atoms in total. The molecule has 0 fully saturated rings. The number of amides is 1. The van der Waals surface area contributed by atoms with Crippen LogP contribution in [-0.2, 0) is 11.3 Å². The molecule has 0 spiro atoms. The number of nitrogens with one attached hydrogen (secondary N) is 1. The van der Waals surface area contributed by atoms with Crippen molar-refractivity contribution >= 4 is 11.6 Å². The minimum absolute atomic E-state index is 0.253. The Morgan fingerprint density at radius 2 is 1.72 bits per heavy atom. The molecule has 0 aliphatic rings. The van der Waals surface area contributed by atoms with Gasteiger partial charge in [0.05, 0.1) is 32.7 Å². The highest BCUT2D eigenvalue weighted by Gasteiger charge is 2.12. The Bertz CT molecular complexity index is 1080. The molecule has 29 heavy (non-hydrogen) atoms. The number of carbonyl (C=O) groups is 1. The lowest BCUT2D eigenvalue weighted by molar-refractivity contribution is -0.117. The van der Waals surface area contributed by atoms with Crippen molar-refractivity contribution in [2.75, 3.05) is 26.6 Å². The first kappa shape index (κ1) is 19.9. The van der Waals surface area contributed by atoms with Gasteiger partial charge in [-0.15, -0.1) is 0 Å². The lowest BCUT2D eigenvalue weighted by atomic mass is 10.1. The van der Waals surface area contributed by atoms with Gasteiger partial charge in [-0.2, -0.15) is 5.10 Å². The molecule has 0 aliphatic carbocycles. The van der Waals surface area contributed by atoms with E-state index < -0.39 is 5.91 Å². The lowest BCUT2D eigenvalue weighted by Crippen LogP contribution is -2.29. The monoisotopic (exact) mass is 395 g/mol. The Hall–Kier alpha value is -3.81. The Labute approximate surface area is 167 Å². The van der Waals surface area contributed by atoms with Gasteiger partial charge in [0.15, 0.2) is 0 Å². The van der Waals surface area contributed by atoms with Crippen LogP contribution in [-0.4, -0.2) is 37.0 Å². The van der Waals surface area contributed by atoms with Gasteiger partial charge in [-0.1, -0.05) is 12.1 Å². The van der Waals surface area contributed by atoms with Crippen LogP contribution in [0.5, 0.6) is 17.2 Å². The van der Waals surface area contributed by atoms with Gasteiger partial charge in [0.1, 0.15) is 23.8 Å². The summed E-state index contributed by atoms with van der Waals surface area (Å²) < 4.78 is 16.8. The molecule has 0 aliphatic heterocycles. The maximum Gasteiger partial charge on any atom is 0.267 e. The Balaban J connectivity index is 1.83. The standard InChI is InChI=1S/C21H21N3O5/c1-27-15-6-4-5-14(11-15)17-8-10-21(26)24(23-17)13-20(25)22-18-12-16(28-2)7-9-19(18)29-3/h4-12H,13H2,1-3H3,(H,22,25). The van der Waals surface area contributed by atoms with Crippen molar-refractivity contribution in [3.63, 3.8) is 0 Å². The third-order valence-electron chi connectivity index (χ3n) is 4.21. The van der Waals surface area contributed by atoms with Crippen molar-refractivity contribution in [1.82, 2.24) is 9.78 Å². The molecule has 0 saturated carbocycles. The predicted molar refractivity (Wildman–Crippen MR) is 109 cm³/mol. The van der Waals surface area contributed by atoms with E-state index in [1.807, 2.05) is 18.2 Å². The number of carbonyl (C=O) groups excluding carboxylic acids is 1. The molecular formula is C21H21N3O5. The zero-order valence-electron chi connectivity index (χ0n) is 16.3. The molecule has 1 N–H and O–H groups in total. The summed E-state index contributed by atoms with van der Waals surface area (Å²) in [6, 6.07) is 15.3. The van der Waals surface area contributed by atoms with E-state index in [4.69, 9.17) is 14.2 Å². The van der Waals surface area contributed by atoms with Crippen molar-refractivity contribution in [3.05, 3.63) is 65.0 Å². The third kappa shape index (κ3) is 4.73. The van der Waals surface area contributed by atoms with Gasteiger partial charge in [0.2, 0.25) is 5.91 Å². The molecule has 1 heterocycles. The van der Waals surface area contributed by atoms with Crippen LogP contribution in [0.15, 0.2) is 59.4 Å². The number of methoxy groups -OCH3 is 3. The summed E-state index contributed by atoms with van der Waals surface area (Å²) in [5, 5.41) is 7.03. The zero-order chi connectivity index (χ0) is 20.8. The molecule has 0 atom stereocenters. The number of hydrogen-bond acceptors (Lipinski definition) is 6. The van der Waals surface area contributed by atoms with Crippen LogP contribution >= 0.6 is 0 Å². The minimum atomic E-state index is -0.422. The Morgan fingerprint density at radius 1 is 0.966 bits per heavy atom. The summed E-state index contributed by atoms with van der Waals surface area (Å²) >= 11 is 0. The first-order valence-electron chi connectivity index (χ1n) is 8.78. The van der Waals surface area contributed by atoms with Crippen LogP contribution < -0.4 is 25.1 Å². The molecule has 0 unspecified atom stereocenters. The molecule has 1 aromatic heterocycles. The number of anilines is 1.